The molecule has 4 heteroatoms. The second kappa shape index (κ2) is 5.47. The molecule has 0 bridgehead atoms. The van der Waals surface area contributed by atoms with Gasteiger partial charge in [0.05, 0.1) is 6.10 Å². The normalized spacial score (nSPS) is 23.7. The number of anilines is 1. The van der Waals surface area contributed by atoms with Crippen molar-refractivity contribution in [2.45, 2.75) is 26.0 Å². The number of nitrogens with zero attached hydrogens (tertiary/aromatic N) is 3. The third kappa shape index (κ3) is 3.17. The summed E-state index contributed by atoms with van der Waals surface area (Å²) >= 11 is 0. The standard InChI is InChI=1S/C13H21N3O/c1-11-9-15(10-12(2)17)7-8-16(11)13-5-3-4-6-14-13/h3-6,11-12,17H,7-10H2,1-2H3/t11-,12+/m1/s1. The van der Waals surface area contributed by atoms with Gasteiger partial charge in [-0.3, -0.25) is 4.90 Å². The largest absolute Gasteiger partial charge is 0.392 e. The van der Waals surface area contributed by atoms with E-state index in [9.17, 15) is 5.11 Å². The van der Waals surface area contributed by atoms with Crippen molar-refractivity contribution in [2.75, 3.05) is 31.1 Å². The average molecular weight is 235 g/mol. The van der Waals surface area contributed by atoms with Crippen LogP contribution in [0.2, 0.25) is 0 Å². The quantitative estimate of drug-likeness (QED) is 0.847. The molecule has 0 amide bonds. The van der Waals surface area contributed by atoms with Crippen LogP contribution in [0.1, 0.15) is 13.8 Å². The lowest BCUT2D eigenvalue weighted by Gasteiger charge is -2.40. The Morgan fingerprint density at radius 2 is 2.29 bits per heavy atom. The van der Waals surface area contributed by atoms with Crippen molar-refractivity contribution in [3.8, 4) is 0 Å². The molecule has 17 heavy (non-hydrogen) atoms. The van der Waals surface area contributed by atoms with E-state index in [1.54, 1.807) is 0 Å². The number of pyridine rings is 1. The molecule has 1 aliphatic heterocycles. The fourth-order valence-electron chi connectivity index (χ4n) is 2.44. The summed E-state index contributed by atoms with van der Waals surface area (Å²) in [7, 11) is 0. The molecule has 94 valence electrons. The van der Waals surface area contributed by atoms with E-state index in [1.165, 1.54) is 0 Å². The van der Waals surface area contributed by atoms with Crippen LogP contribution in [0.4, 0.5) is 5.82 Å². The number of β-amino-alcohol motifs (C(OH)–C–C–N with tert-alkyl or cyclic N) is 1. The van der Waals surface area contributed by atoms with Crippen LogP contribution in [0, 0.1) is 0 Å². The Hall–Kier alpha value is -1.13. The summed E-state index contributed by atoms with van der Waals surface area (Å²) < 4.78 is 0. The van der Waals surface area contributed by atoms with Gasteiger partial charge in [-0.25, -0.2) is 4.98 Å². The first-order valence-corrected chi connectivity index (χ1v) is 6.25. The Balaban J connectivity index is 1.97. The van der Waals surface area contributed by atoms with Gasteiger partial charge in [-0.15, -0.1) is 0 Å². The van der Waals surface area contributed by atoms with Crippen molar-refractivity contribution in [1.82, 2.24) is 9.88 Å². The Labute approximate surface area is 103 Å². The molecule has 1 aliphatic rings. The van der Waals surface area contributed by atoms with Gasteiger partial charge < -0.3 is 10.0 Å². The zero-order chi connectivity index (χ0) is 12.3. The zero-order valence-corrected chi connectivity index (χ0v) is 10.6. The molecule has 4 nitrogen and oxygen atoms in total. The van der Waals surface area contributed by atoms with Gasteiger partial charge in [0.15, 0.2) is 0 Å². The predicted molar refractivity (Wildman–Crippen MR) is 69.2 cm³/mol. The molecule has 1 N–H and O–H groups in total. The lowest BCUT2D eigenvalue weighted by molar-refractivity contribution is 0.114. The lowest BCUT2D eigenvalue weighted by atomic mass is 10.1. The molecule has 2 atom stereocenters. The number of aliphatic hydroxyl groups is 1. The minimum absolute atomic E-state index is 0.247. The Morgan fingerprint density at radius 1 is 1.47 bits per heavy atom. The summed E-state index contributed by atoms with van der Waals surface area (Å²) in [6.07, 6.45) is 1.59. The van der Waals surface area contributed by atoms with E-state index >= 15 is 0 Å². The molecule has 1 fully saturated rings. The molecule has 0 radical (unpaired) electrons. The summed E-state index contributed by atoms with van der Waals surface area (Å²) in [5.41, 5.74) is 0. The Morgan fingerprint density at radius 3 is 2.88 bits per heavy atom. The highest BCUT2D eigenvalue weighted by Crippen LogP contribution is 2.17. The molecule has 1 saturated heterocycles. The third-order valence-corrected chi connectivity index (χ3v) is 3.18. The van der Waals surface area contributed by atoms with E-state index < -0.39 is 0 Å². The van der Waals surface area contributed by atoms with Crippen LogP contribution in [0.25, 0.3) is 0 Å². The monoisotopic (exact) mass is 235 g/mol. The van der Waals surface area contributed by atoms with Crippen molar-refractivity contribution < 1.29 is 5.11 Å². The van der Waals surface area contributed by atoms with Gasteiger partial charge in [0.25, 0.3) is 0 Å². The summed E-state index contributed by atoms with van der Waals surface area (Å²) in [6, 6.07) is 6.47. The maximum Gasteiger partial charge on any atom is 0.128 e. The molecule has 0 aliphatic carbocycles. The maximum absolute atomic E-state index is 9.41. The molecule has 2 rings (SSSR count). The van der Waals surface area contributed by atoms with Gasteiger partial charge >= 0.3 is 0 Å². The smallest absolute Gasteiger partial charge is 0.128 e. The first kappa shape index (κ1) is 12.3. The lowest BCUT2D eigenvalue weighted by Crippen LogP contribution is -2.53. The topological polar surface area (TPSA) is 39.6 Å². The number of hydrogen-bond acceptors (Lipinski definition) is 4. The van der Waals surface area contributed by atoms with Gasteiger partial charge in [0.1, 0.15) is 5.82 Å². The van der Waals surface area contributed by atoms with Crippen molar-refractivity contribution in [2.24, 2.45) is 0 Å². The molecule has 2 heterocycles. The van der Waals surface area contributed by atoms with E-state index in [0.29, 0.717) is 6.04 Å². The molecular weight excluding hydrogens is 214 g/mol. The van der Waals surface area contributed by atoms with Crippen molar-refractivity contribution in [3.05, 3.63) is 24.4 Å². The molecule has 1 aromatic rings. The fourth-order valence-corrected chi connectivity index (χ4v) is 2.44. The van der Waals surface area contributed by atoms with Gasteiger partial charge in [-0.2, -0.15) is 0 Å². The molecule has 0 spiro atoms. The van der Waals surface area contributed by atoms with Crippen LogP contribution in [0.3, 0.4) is 0 Å². The maximum atomic E-state index is 9.41. The minimum Gasteiger partial charge on any atom is -0.392 e. The van der Waals surface area contributed by atoms with Crippen LogP contribution >= 0.6 is 0 Å². The summed E-state index contributed by atoms with van der Waals surface area (Å²) in [6.45, 7) is 7.78. The van der Waals surface area contributed by atoms with Crippen molar-refractivity contribution in [3.63, 3.8) is 0 Å². The summed E-state index contributed by atoms with van der Waals surface area (Å²) in [5.74, 6) is 1.05. The molecule has 1 aromatic heterocycles. The van der Waals surface area contributed by atoms with Crippen LogP contribution in [-0.4, -0.2) is 53.3 Å². The minimum atomic E-state index is -0.247. The van der Waals surface area contributed by atoms with Gasteiger partial charge in [-0.05, 0) is 26.0 Å². The summed E-state index contributed by atoms with van der Waals surface area (Å²) in [5, 5.41) is 9.41. The van der Waals surface area contributed by atoms with E-state index in [4.69, 9.17) is 0 Å². The average Bonchev–Trinajstić information content (AvgIpc) is 2.29. The zero-order valence-electron chi connectivity index (χ0n) is 10.6. The highest BCUT2D eigenvalue weighted by molar-refractivity contribution is 5.39. The molecule has 0 unspecified atom stereocenters. The third-order valence-electron chi connectivity index (χ3n) is 3.18. The molecule has 0 aromatic carbocycles. The number of rotatable bonds is 3. The van der Waals surface area contributed by atoms with Gasteiger partial charge in [0.2, 0.25) is 0 Å². The van der Waals surface area contributed by atoms with Crippen molar-refractivity contribution >= 4 is 5.82 Å². The number of aliphatic hydroxyl groups excluding tert-OH is 1. The highest BCUT2D eigenvalue weighted by atomic mass is 16.3. The number of piperazine rings is 1. The Kier molecular flexibility index (Phi) is 3.97. The van der Waals surface area contributed by atoms with Crippen LogP contribution in [0.5, 0.6) is 0 Å². The van der Waals surface area contributed by atoms with Crippen LogP contribution < -0.4 is 4.90 Å². The van der Waals surface area contributed by atoms with Gasteiger partial charge in [-0.1, -0.05) is 6.07 Å². The molecular formula is C13H21N3O. The van der Waals surface area contributed by atoms with Crippen LogP contribution in [0.15, 0.2) is 24.4 Å². The van der Waals surface area contributed by atoms with E-state index in [2.05, 4.69) is 27.8 Å². The number of aromatic nitrogens is 1. The van der Waals surface area contributed by atoms with Crippen LogP contribution in [-0.2, 0) is 0 Å². The van der Waals surface area contributed by atoms with E-state index in [1.807, 2.05) is 25.3 Å². The Bertz CT molecular complexity index is 342. The van der Waals surface area contributed by atoms with E-state index in [0.717, 1.165) is 32.0 Å². The fraction of sp³-hybridized carbons (Fsp3) is 0.615. The second-order valence-corrected chi connectivity index (χ2v) is 4.84. The number of hydrogen-bond donors (Lipinski definition) is 1. The van der Waals surface area contributed by atoms with Gasteiger partial charge in [0, 0.05) is 38.4 Å². The SMILES string of the molecule is C[C@H](O)CN1CCN(c2ccccn2)[C@H](C)C1. The second-order valence-electron chi connectivity index (χ2n) is 4.84. The first-order valence-electron chi connectivity index (χ1n) is 6.25. The first-order chi connectivity index (χ1) is 8.16. The van der Waals surface area contributed by atoms with E-state index in [-0.39, 0.29) is 6.10 Å². The van der Waals surface area contributed by atoms with Crippen molar-refractivity contribution in [1.29, 1.82) is 0 Å². The summed E-state index contributed by atoms with van der Waals surface area (Å²) in [4.78, 5) is 9.04. The molecule has 0 saturated carbocycles. The predicted octanol–water partition coefficient (Wildman–Crippen LogP) is 0.973. The highest BCUT2D eigenvalue weighted by Gasteiger charge is 2.24.